The quantitative estimate of drug-likeness (QED) is 0.613. The van der Waals surface area contributed by atoms with Crippen LogP contribution in [-0.4, -0.2) is 18.8 Å². The molecule has 0 aliphatic rings. The molecule has 2 N–H and O–H groups in total. The molecule has 0 saturated carbocycles. The molecule has 0 aliphatic carbocycles. The van der Waals surface area contributed by atoms with E-state index in [1.165, 1.54) is 0 Å². The number of nitrogens with two attached hydrogens (primary N) is 1. The van der Waals surface area contributed by atoms with Gasteiger partial charge >= 0.3 is 0 Å². The van der Waals surface area contributed by atoms with Gasteiger partial charge in [0.1, 0.15) is 0 Å². The fourth-order valence-electron chi connectivity index (χ4n) is 0.661. The number of hydrogen-bond acceptors (Lipinski definition) is 3. The molecule has 0 amide bonds. The van der Waals surface area contributed by atoms with Gasteiger partial charge in [-0.3, -0.25) is 0 Å². The van der Waals surface area contributed by atoms with Gasteiger partial charge in [-0.2, -0.15) is 5.26 Å². The molecule has 0 radical (unpaired) electrons. The van der Waals surface area contributed by atoms with Crippen LogP contribution < -0.4 is 5.73 Å². The number of nitrogens with zero attached hydrogens (tertiary/aromatic N) is 1. The number of rotatable bonds is 6. The zero-order chi connectivity index (χ0) is 9.45. The van der Waals surface area contributed by atoms with Crippen LogP contribution in [0.3, 0.4) is 0 Å². The van der Waals surface area contributed by atoms with Gasteiger partial charge in [0.05, 0.1) is 12.7 Å². The summed E-state index contributed by atoms with van der Waals surface area (Å²) in [6.07, 6.45) is 2.27. The summed E-state index contributed by atoms with van der Waals surface area (Å²) in [6, 6.07) is 2.07. The minimum atomic E-state index is -0.216. The average Bonchev–Trinajstić information content (AvgIpc) is 2.04. The molecule has 0 heterocycles. The fraction of sp³-hybridized carbons (Fsp3) is 0.889. The lowest BCUT2D eigenvalue weighted by Crippen LogP contribution is -2.40. The Morgan fingerprint density at radius 2 is 2.25 bits per heavy atom. The maximum atomic E-state index is 8.24. The van der Waals surface area contributed by atoms with E-state index in [1.807, 2.05) is 13.8 Å². The summed E-state index contributed by atoms with van der Waals surface area (Å²) < 4.78 is 5.32. The Morgan fingerprint density at radius 1 is 1.58 bits per heavy atom. The summed E-state index contributed by atoms with van der Waals surface area (Å²) in [5.74, 6) is 0. The molecule has 0 aromatic heterocycles. The van der Waals surface area contributed by atoms with Crippen LogP contribution >= 0.6 is 0 Å². The van der Waals surface area contributed by atoms with Crippen LogP contribution in [0, 0.1) is 11.3 Å². The largest absolute Gasteiger partial charge is 0.380 e. The van der Waals surface area contributed by atoms with E-state index in [0.29, 0.717) is 19.6 Å². The molecule has 0 aromatic carbocycles. The molecule has 0 aromatic rings. The van der Waals surface area contributed by atoms with E-state index in [2.05, 4.69) is 6.07 Å². The van der Waals surface area contributed by atoms with Crippen molar-refractivity contribution in [3.63, 3.8) is 0 Å². The van der Waals surface area contributed by atoms with E-state index < -0.39 is 0 Å². The van der Waals surface area contributed by atoms with Gasteiger partial charge < -0.3 is 10.5 Å². The Balaban J connectivity index is 3.26. The maximum absolute atomic E-state index is 8.24. The standard InChI is InChI=1S/C9H18N2O/c1-3-9(2,11)8-12-7-5-4-6-10/h3-5,7-8,11H2,1-2H3. The van der Waals surface area contributed by atoms with Gasteiger partial charge in [0.2, 0.25) is 0 Å². The summed E-state index contributed by atoms with van der Waals surface area (Å²) in [7, 11) is 0. The van der Waals surface area contributed by atoms with Crippen molar-refractivity contribution in [2.24, 2.45) is 5.73 Å². The lowest BCUT2D eigenvalue weighted by molar-refractivity contribution is 0.0884. The first-order chi connectivity index (χ1) is 5.62. The first-order valence-electron chi connectivity index (χ1n) is 4.36. The van der Waals surface area contributed by atoms with Crippen LogP contribution in [0.5, 0.6) is 0 Å². The summed E-state index contributed by atoms with van der Waals surface area (Å²) >= 11 is 0. The number of unbranched alkanes of at least 4 members (excludes halogenated alkanes) is 1. The molecule has 0 bridgehead atoms. The van der Waals surface area contributed by atoms with Crippen LogP contribution in [0.25, 0.3) is 0 Å². The summed E-state index contributed by atoms with van der Waals surface area (Å²) in [5, 5.41) is 8.24. The second kappa shape index (κ2) is 5.99. The van der Waals surface area contributed by atoms with Gasteiger partial charge in [-0.25, -0.2) is 0 Å². The van der Waals surface area contributed by atoms with Crippen molar-refractivity contribution in [2.45, 2.75) is 38.6 Å². The van der Waals surface area contributed by atoms with E-state index in [1.54, 1.807) is 0 Å². The molecule has 3 heteroatoms. The highest BCUT2D eigenvalue weighted by Crippen LogP contribution is 2.04. The van der Waals surface area contributed by atoms with Crippen molar-refractivity contribution in [3.05, 3.63) is 0 Å². The highest BCUT2D eigenvalue weighted by molar-refractivity contribution is 4.75. The molecule has 1 unspecified atom stereocenters. The monoisotopic (exact) mass is 170 g/mol. The Hall–Kier alpha value is -0.590. The van der Waals surface area contributed by atoms with Crippen LogP contribution in [0.2, 0.25) is 0 Å². The molecule has 0 fully saturated rings. The molecular formula is C9H18N2O. The molecule has 0 aliphatic heterocycles. The van der Waals surface area contributed by atoms with Crippen molar-refractivity contribution in [1.82, 2.24) is 0 Å². The lowest BCUT2D eigenvalue weighted by Gasteiger charge is -2.22. The molecule has 1 atom stereocenters. The van der Waals surface area contributed by atoms with Gasteiger partial charge in [-0.15, -0.1) is 0 Å². The predicted molar refractivity (Wildman–Crippen MR) is 48.5 cm³/mol. The van der Waals surface area contributed by atoms with Crippen molar-refractivity contribution in [1.29, 1.82) is 5.26 Å². The van der Waals surface area contributed by atoms with Crippen molar-refractivity contribution in [3.8, 4) is 6.07 Å². The minimum absolute atomic E-state index is 0.216. The third-order valence-corrected chi connectivity index (χ3v) is 1.82. The van der Waals surface area contributed by atoms with Gasteiger partial charge in [-0.1, -0.05) is 6.92 Å². The summed E-state index contributed by atoms with van der Waals surface area (Å²) in [5.41, 5.74) is 5.63. The van der Waals surface area contributed by atoms with Gasteiger partial charge in [0, 0.05) is 18.6 Å². The van der Waals surface area contributed by atoms with Crippen LogP contribution in [0.4, 0.5) is 0 Å². The number of ether oxygens (including phenoxy) is 1. The zero-order valence-electron chi connectivity index (χ0n) is 7.97. The van der Waals surface area contributed by atoms with E-state index in [9.17, 15) is 0 Å². The highest BCUT2D eigenvalue weighted by Gasteiger charge is 2.14. The SMILES string of the molecule is CCC(C)(N)COCCCC#N. The molecule has 0 saturated heterocycles. The van der Waals surface area contributed by atoms with Crippen molar-refractivity contribution in [2.75, 3.05) is 13.2 Å². The Labute approximate surface area is 74.5 Å². The van der Waals surface area contributed by atoms with Crippen molar-refractivity contribution >= 4 is 0 Å². The molecule has 0 spiro atoms. The minimum Gasteiger partial charge on any atom is -0.380 e. The van der Waals surface area contributed by atoms with Crippen LogP contribution in [-0.2, 0) is 4.74 Å². The third-order valence-electron chi connectivity index (χ3n) is 1.82. The number of hydrogen-bond donors (Lipinski definition) is 1. The first kappa shape index (κ1) is 11.4. The predicted octanol–water partition coefficient (Wildman–Crippen LogP) is 1.43. The van der Waals surface area contributed by atoms with E-state index in [4.69, 9.17) is 15.7 Å². The van der Waals surface area contributed by atoms with E-state index in [-0.39, 0.29) is 5.54 Å². The first-order valence-corrected chi connectivity index (χ1v) is 4.36. The second-order valence-corrected chi connectivity index (χ2v) is 3.32. The van der Waals surface area contributed by atoms with E-state index in [0.717, 1.165) is 12.8 Å². The average molecular weight is 170 g/mol. The van der Waals surface area contributed by atoms with Gasteiger partial charge in [-0.05, 0) is 19.8 Å². The Kier molecular flexibility index (Phi) is 5.69. The Bertz CT molecular complexity index is 149. The summed E-state index contributed by atoms with van der Waals surface area (Å²) in [6.45, 7) is 5.23. The van der Waals surface area contributed by atoms with Crippen LogP contribution in [0.15, 0.2) is 0 Å². The molecule has 12 heavy (non-hydrogen) atoms. The van der Waals surface area contributed by atoms with Gasteiger partial charge in [0.25, 0.3) is 0 Å². The molecule has 0 rings (SSSR count). The zero-order valence-corrected chi connectivity index (χ0v) is 7.97. The number of nitriles is 1. The third kappa shape index (κ3) is 6.14. The maximum Gasteiger partial charge on any atom is 0.0643 e. The second-order valence-electron chi connectivity index (χ2n) is 3.32. The smallest absolute Gasteiger partial charge is 0.0643 e. The lowest BCUT2D eigenvalue weighted by atomic mass is 10.0. The Morgan fingerprint density at radius 3 is 2.75 bits per heavy atom. The van der Waals surface area contributed by atoms with Crippen molar-refractivity contribution < 1.29 is 4.74 Å². The highest BCUT2D eigenvalue weighted by atomic mass is 16.5. The fourth-order valence-corrected chi connectivity index (χ4v) is 0.661. The van der Waals surface area contributed by atoms with Crippen LogP contribution in [0.1, 0.15) is 33.1 Å². The topological polar surface area (TPSA) is 59.0 Å². The summed E-state index contributed by atoms with van der Waals surface area (Å²) in [4.78, 5) is 0. The van der Waals surface area contributed by atoms with Gasteiger partial charge in [0.15, 0.2) is 0 Å². The molecular weight excluding hydrogens is 152 g/mol. The molecule has 70 valence electrons. The van der Waals surface area contributed by atoms with E-state index >= 15 is 0 Å². The molecule has 3 nitrogen and oxygen atoms in total. The normalized spacial score (nSPS) is 15.2.